The van der Waals surface area contributed by atoms with Gasteiger partial charge in [0, 0.05) is 11.1 Å². The molecule has 26 heavy (non-hydrogen) atoms. The molecule has 0 aliphatic carbocycles. The standard InChI is InChI=1S/C19H18ClNO5/c1-23-16-10-11(3-5-14(16)21)17(22)13(20)9-12-4-6-15-19(18(12)24-2)26-8-7-25-15/h3-6,9-10H,7-8,21H2,1-2H3/b13-9+. The van der Waals surface area contributed by atoms with Gasteiger partial charge in [-0.15, -0.1) is 0 Å². The fraction of sp³-hybridized carbons (Fsp3) is 0.211. The van der Waals surface area contributed by atoms with E-state index in [1.165, 1.54) is 20.3 Å². The topological polar surface area (TPSA) is 80.0 Å². The molecule has 1 aliphatic heterocycles. The van der Waals surface area contributed by atoms with Crippen LogP contribution in [0.4, 0.5) is 5.69 Å². The highest BCUT2D eigenvalue weighted by atomic mass is 35.5. The van der Waals surface area contributed by atoms with Gasteiger partial charge >= 0.3 is 0 Å². The molecule has 0 atom stereocenters. The predicted octanol–water partition coefficient (Wildman–Crippen LogP) is 3.52. The summed E-state index contributed by atoms with van der Waals surface area (Å²) >= 11 is 6.26. The zero-order chi connectivity index (χ0) is 18.7. The van der Waals surface area contributed by atoms with Gasteiger partial charge in [0.25, 0.3) is 0 Å². The lowest BCUT2D eigenvalue weighted by molar-refractivity contribution is 0.104. The second-order valence-corrected chi connectivity index (χ2v) is 5.90. The Hall–Kier alpha value is -2.86. The lowest BCUT2D eigenvalue weighted by Crippen LogP contribution is -2.16. The monoisotopic (exact) mass is 375 g/mol. The SMILES string of the molecule is COc1cc(C(=O)/C(Cl)=C\c2ccc3c(c2OC)OCCO3)ccc1N. The summed E-state index contributed by atoms with van der Waals surface area (Å²) in [4.78, 5) is 12.6. The number of hydrogen-bond donors (Lipinski definition) is 1. The molecular weight excluding hydrogens is 358 g/mol. The Morgan fingerprint density at radius 1 is 1.15 bits per heavy atom. The number of nitrogen functional groups attached to an aromatic ring is 1. The quantitative estimate of drug-likeness (QED) is 0.489. The van der Waals surface area contributed by atoms with Gasteiger partial charge in [-0.3, -0.25) is 4.79 Å². The number of benzene rings is 2. The maximum Gasteiger partial charge on any atom is 0.204 e. The van der Waals surface area contributed by atoms with Crippen LogP contribution in [0, 0.1) is 0 Å². The maximum absolute atomic E-state index is 12.6. The van der Waals surface area contributed by atoms with E-state index in [0.29, 0.717) is 53.0 Å². The fourth-order valence-corrected chi connectivity index (χ4v) is 2.85. The molecule has 1 aliphatic rings. The molecule has 1 heterocycles. The number of rotatable bonds is 5. The van der Waals surface area contributed by atoms with Gasteiger partial charge in [0.2, 0.25) is 11.5 Å². The summed E-state index contributed by atoms with van der Waals surface area (Å²) in [6, 6.07) is 8.25. The summed E-state index contributed by atoms with van der Waals surface area (Å²) in [5, 5.41) is 0.0202. The van der Waals surface area contributed by atoms with Crippen LogP contribution >= 0.6 is 11.6 Å². The highest BCUT2D eigenvalue weighted by Crippen LogP contribution is 2.42. The Kier molecular flexibility index (Phi) is 5.23. The van der Waals surface area contributed by atoms with Crippen molar-refractivity contribution in [2.45, 2.75) is 0 Å². The number of methoxy groups -OCH3 is 2. The average Bonchev–Trinajstić information content (AvgIpc) is 2.67. The first kappa shape index (κ1) is 17.9. The Balaban J connectivity index is 1.96. The van der Waals surface area contributed by atoms with Crippen molar-refractivity contribution in [3.63, 3.8) is 0 Å². The van der Waals surface area contributed by atoms with E-state index in [1.807, 2.05) is 0 Å². The molecular formula is C19H18ClNO5. The van der Waals surface area contributed by atoms with E-state index in [0.717, 1.165) is 0 Å². The van der Waals surface area contributed by atoms with Crippen LogP contribution in [0.1, 0.15) is 15.9 Å². The Labute approximate surface area is 156 Å². The van der Waals surface area contributed by atoms with E-state index in [4.69, 9.17) is 36.3 Å². The van der Waals surface area contributed by atoms with E-state index in [2.05, 4.69) is 0 Å². The number of anilines is 1. The van der Waals surface area contributed by atoms with Gasteiger partial charge in [0.15, 0.2) is 11.5 Å². The normalized spacial score (nSPS) is 13.3. The highest BCUT2D eigenvalue weighted by molar-refractivity contribution is 6.47. The number of halogens is 1. The number of nitrogens with two attached hydrogens (primary N) is 1. The minimum absolute atomic E-state index is 0.0202. The van der Waals surface area contributed by atoms with Gasteiger partial charge in [-0.2, -0.15) is 0 Å². The van der Waals surface area contributed by atoms with Gasteiger partial charge in [0.05, 0.1) is 24.9 Å². The number of fused-ring (bicyclic) bond motifs is 1. The molecule has 3 rings (SSSR count). The lowest BCUT2D eigenvalue weighted by atomic mass is 10.1. The number of ether oxygens (including phenoxy) is 4. The van der Waals surface area contributed by atoms with Gasteiger partial charge in [-0.1, -0.05) is 11.6 Å². The summed E-state index contributed by atoms with van der Waals surface area (Å²) in [6.07, 6.45) is 1.53. The van der Waals surface area contributed by atoms with E-state index in [9.17, 15) is 4.79 Å². The first-order valence-electron chi connectivity index (χ1n) is 7.87. The van der Waals surface area contributed by atoms with Crippen LogP contribution in [0.2, 0.25) is 0 Å². The van der Waals surface area contributed by atoms with E-state index < -0.39 is 0 Å². The van der Waals surface area contributed by atoms with Crippen molar-refractivity contribution in [1.29, 1.82) is 0 Å². The van der Waals surface area contributed by atoms with Gasteiger partial charge in [-0.25, -0.2) is 0 Å². The summed E-state index contributed by atoms with van der Waals surface area (Å²) in [6.45, 7) is 0.901. The molecule has 6 nitrogen and oxygen atoms in total. The Morgan fingerprint density at radius 2 is 1.92 bits per heavy atom. The summed E-state index contributed by atoms with van der Waals surface area (Å²) in [7, 11) is 3.00. The highest BCUT2D eigenvalue weighted by Gasteiger charge is 2.20. The number of ketones is 1. The minimum Gasteiger partial charge on any atom is -0.495 e. The number of allylic oxidation sites excluding steroid dienone is 1. The van der Waals surface area contributed by atoms with Crippen molar-refractivity contribution >= 4 is 29.1 Å². The van der Waals surface area contributed by atoms with Crippen molar-refractivity contribution in [2.24, 2.45) is 0 Å². The Bertz CT molecular complexity index is 878. The second-order valence-electron chi connectivity index (χ2n) is 5.49. The van der Waals surface area contributed by atoms with Crippen LogP contribution in [0.5, 0.6) is 23.0 Å². The van der Waals surface area contributed by atoms with E-state index in [-0.39, 0.29) is 10.8 Å². The first-order valence-corrected chi connectivity index (χ1v) is 8.25. The van der Waals surface area contributed by atoms with Crippen molar-refractivity contribution < 1.29 is 23.7 Å². The molecule has 0 amide bonds. The third kappa shape index (κ3) is 3.41. The van der Waals surface area contributed by atoms with Gasteiger partial charge in [0.1, 0.15) is 19.0 Å². The van der Waals surface area contributed by atoms with Crippen LogP contribution in [-0.4, -0.2) is 33.2 Å². The number of carbonyl (C=O) groups is 1. The fourth-order valence-electron chi connectivity index (χ4n) is 2.62. The molecule has 7 heteroatoms. The predicted molar refractivity (Wildman–Crippen MR) is 99.6 cm³/mol. The molecule has 0 fully saturated rings. The molecule has 136 valence electrons. The van der Waals surface area contributed by atoms with E-state index >= 15 is 0 Å². The molecule has 0 aromatic heterocycles. The van der Waals surface area contributed by atoms with Crippen LogP contribution in [0.15, 0.2) is 35.4 Å². The number of hydrogen-bond acceptors (Lipinski definition) is 6. The molecule has 2 aromatic rings. The molecule has 0 unspecified atom stereocenters. The lowest BCUT2D eigenvalue weighted by Gasteiger charge is -2.21. The summed E-state index contributed by atoms with van der Waals surface area (Å²) in [5.74, 6) is 1.61. The molecule has 2 N–H and O–H groups in total. The molecule has 2 aromatic carbocycles. The van der Waals surface area contributed by atoms with Crippen LogP contribution in [-0.2, 0) is 0 Å². The van der Waals surface area contributed by atoms with E-state index in [1.54, 1.807) is 30.3 Å². The van der Waals surface area contributed by atoms with Crippen LogP contribution in [0.25, 0.3) is 6.08 Å². The third-order valence-electron chi connectivity index (χ3n) is 3.89. The summed E-state index contributed by atoms with van der Waals surface area (Å²) < 4.78 is 21.7. The van der Waals surface area contributed by atoms with Crippen molar-refractivity contribution in [3.8, 4) is 23.0 Å². The zero-order valence-corrected chi connectivity index (χ0v) is 15.1. The van der Waals surface area contributed by atoms with Gasteiger partial charge < -0.3 is 24.7 Å². The number of carbonyl (C=O) groups excluding carboxylic acids is 1. The first-order chi connectivity index (χ1) is 12.5. The average molecular weight is 376 g/mol. The minimum atomic E-state index is -0.359. The molecule has 0 radical (unpaired) electrons. The van der Waals surface area contributed by atoms with Crippen LogP contribution in [0.3, 0.4) is 0 Å². The summed E-state index contributed by atoms with van der Waals surface area (Å²) in [5.41, 5.74) is 7.20. The molecule has 0 saturated heterocycles. The molecule has 0 spiro atoms. The molecule has 0 bridgehead atoms. The van der Waals surface area contributed by atoms with Crippen LogP contribution < -0.4 is 24.7 Å². The van der Waals surface area contributed by atoms with Crippen molar-refractivity contribution in [3.05, 3.63) is 46.5 Å². The largest absolute Gasteiger partial charge is 0.495 e. The van der Waals surface area contributed by atoms with Crippen molar-refractivity contribution in [2.75, 3.05) is 33.2 Å². The van der Waals surface area contributed by atoms with Gasteiger partial charge in [-0.05, 0) is 36.4 Å². The second kappa shape index (κ2) is 7.58. The Morgan fingerprint density at radius 3 is 2.65 bits per heavy atom. The third-order valence-corrected chi connectivity index (χ3v) is 4.17. The number of Topliss-reactive ketones (excluding diaryl/α,β-unsaturated/α-hetero) is 1. The molecule has 0 saturated carbocycles. The maximum atomic E-state index is 12.6. The smallest absolute Gasteiger partial charge is 0.204 e. The van der Waals surface area contributed by atoms with Crippen molar-refractivity contribution in [1.82, 2.24) is 0 Å². The zero-order valence-electron chi connectivity index (χ0n) is 14.4.